The number of nitrogens with one attached hydrogen (secondary N) is 1. The largest absolute Gasteiger partial charge is 0.480 e. The fourth-order valence-corrected chi connectivity index (χ4v) is 1.26. The third-order valence-corrected chi connectivity index (χ3v) is 2.20. The fourth-order valence-electron chi connectivity index (χ4n) is 1.10. The SMILES string of the molecule is CC[C@H](NC(=O)c1cc(Cl)ccn1)C(=O)O. The van der Waals surface area contributed by atoms with Gasteiger partial charge < -0.3 is 10.4 Å². The molecule has 0 fully saturated rings. The second kappa shape index (κ2) is 5.46. The minimum Gasteiger partial charge on any atom is -0.480 e. The van der Waals surface area contributed by atoms with Gasteiger partial charge in [-0.2, -0.15) is 0 Å². The molecule has 0 unspecified atom stereocenters. The Bertz CT molecular complexity index is 409. The number of halogens is 1. The number of hydrogen-bond donors (Lipinski definition) is 2. The zero-order valence-electron chi connectivity index (χ0n) is 8.61. The van der Waals surface area contributed by atoms with E-state index in [2.05, 4.69) is 10.3 Å². The number of nitrogens with zero attached hydrogens (tertiary/aromatic N) is 1. The van der Waals surface area contributed by atoms with E-state index in [4.69, 9.17) is 16.7 Å². The van der Waals surface area contributed by atoms with Crippen LogP contribution in [0.25, 0.3) is 0 Å². The molecule has 0 aromatic carbocycles. The molecule has 0 spiro atoms. The Labute approximate surface area is 97.4 Å². The quantitative estimate of drug-likeness (QED) is 0.835. The highest BCUT2D eigenvalue weighted by Crippen LogP contribution is 2.08. The molecule has 1 amide bonds. The first-order chi connectivity index (χ1) is 7.54. The normalized spacial score (nSPS) is 11.9. The molecule has 16 heavy (non-hydrogen) atoms. The molecular formula is C10H11ClN2O3. The van der Waals surface area contributed by atoms with Gasteiger partial charge in [-0.3, -0.25) is 9.78 Å². The maximum absolute atomic E-state index is 11.6. The second-order valence-corrected chi connectivity index (χ2v) is 3.57. The van der Waals surface area contributed by atoms with Crippen LogP contribution in [0, 0.1) is 0 Å². The van der Waals surface area contributed by atoms with Crippen molar-refractivity contribution >= 4 is 23.5 Å². The predicted octanol–water partition coefficient (Wildman–Crippen LogP) is 1.33. The maximum atomic E-state index is 11.6. The fraction of sp³-hybridized carbons (Fsp3) is 0.300. The Morgan fingerprint density at radius 2 is 2.31 bits per heavy atom. The van der Waals surface area contributed by atoms with Crippen LogP contribution in [0.3, 0.4) is 0 Å². The van der Waals surface area contributed by atoms with Crippen molar-refractivity contribution in [2.24, 2.45) is 0 Å². The average molecular weight is 243 g/mol. The molecule has 0 saturated heterocycles. The monoisotopic (exact) mass is 242 g/mol. The van der Waals surface area contributed by atoms with Crippen molar-refractivity contribution in [1.29, 1.82) is 0 Å². The summed E-state index contributed by atoms with van der Waals surface area (Å²) in [6.07, 6.45) is 1.70. The summed E-state index contributed by atoms with van der Waals surface area (Å²) in [5, 5.41) is 11.5. The zero-order chi connectivity index (χ0) is 12.1. The molecular weight excluding hydrogens is 232 g/mol. The van der Waals surface area contributed by atoms with Crippen molar-refractivity contribution < 1.29 is 14.7 Å². The van der Waals surface area contributed by atoms with Crippen molar-refractivity contribution in [3.05, 3.63) is 29.0 Å². The molecule has 0 aliphatic carbocycles. The third-order valence-electron chi connectivity index (χ3n) is 1.97. The summed E-state index contributed by atoms with van der Waals surface area (Å²) in [5.74, 6) is -1.62. The summed E-state index contributed by atoms with van der Waals surface area (Å²) in [6.45, 7) is 1.67. The molecule has 86 valence electrons. The predicted molar refractivity (Wildman–Crippen MR) is 58.4 cm³/mol. The summed E-state index contributed by atoms with van der Waals surface area (Å²) >= 11 is 5.69. The number of aromatic nitrogens is 1. The van der Waals surface area contributed by atoms with Gasteiger partial charge in [0.25, 0.3) is 5.91 Å². The van der Waals surface area contributed by atoms with E-state index in [1.807, 2.05) is 0 Å². The Morgan fingerprint density at radius 1 is 1.62 bits per heavy atom. The van der Waals surface area contributed by atoms with E-state index in [1.54, 1.807) is 6.92 Å². The van der Waals surface area contributed by atoms with Crippen molar-refractivity contribution in [3.63, 3.8) is 0 Å². The van der Waals surface area contributed by atoms with Gasteiger partial charge in [0.1, 0.15) is 11.7 Å². The molecule has 1 aromatic heterocycles. The minimum absolute atomic E-state index is 0.104. The van der Waals surface area contributed by atoms with Crippen molar-refractivity contribution in [2.75, 3.05) is 0 Å². The van der Waals surface area contributed by atoms with Gasteiger partial charge in [-0.1, -0.05) is 18.5 Å². The number of carboxylic acids is 1. The molecule has 0 aliphatic heterocycles. The minimum atomic E-state index is -1.07. The van der Waals surface area contributed by atoms with Gasteiger partial charge in [-0.15, -0.1) is 0 Å². The third kappa shape index (κ3) is 3.20. The van der Waals surface area contributed by atoms with Crippen LogP contribution in [-0.4, -0.2) is 28.0 Å². The molecule has 0 saturated carbocycles. The first-order valence-electron chi connectivity index (χ1n) is 4.69. The molecule has 1 heterocycles. The average Bonchev–Trinajstić information content (AvgIpc) is 2.25. The van der Waals surface area contributed by atoms with Gasteiger partial charge >= 0.3 is 5.97 Å². The number of carboxylic acid groups (broad SMARTS) is 1. The first kappa shape index (κ1) is 12.4. The first-order valence-corrected chi connectivity index (χ1v) is 5.07. The number of aliphatic carboxylic acids is 1. The Hall–Kier alpha value is -1.62. The number of carbonyl (C=O) groups excluding carboxylic acids is 1. The number of carbonyl (C=O) groups is 2. The van der Waals surface area contributed by atoms with Gasteiger partial charge in [-0.25, -0.2) is 4.79 Å². The summed E-state index contributed by atoms with van der Waals surface area (Å²) in [4.78, 5) is 26.1. The number of amides is 1. The Morgan fingerprint density at radius 3 is 2.81 bits per heavy atom. The topological polar surface area (TPSA) is 79.3 Å². The lowest BCUT2D eigenvalue weighted by atomic mass is 10.2. The van der Waals surface area contributed by atoms with Crippen LogP contribution in [0.15, 0.2) is 18.3 Å². The van der Waals surface area contributed by atoms with E-state index in [0.29, 0.717) is 11.4 Å². The van der Waals surface area contributed by atoms with Crippen LogP contribution in [0.1, 0.15) is 23.8 Å². The number of hydrogen-bond acceptors (Lipinski definition) is 3. The standard InChI is InChI=1S/C10H11ClN2O3/c1-2-7(10(15)16)13-9(14)8-5-6(11)3-4-12-8/h3-5,7H,2H2,1H3,(H,13,14)(H,15,16)/t7-/m0/s1. The number of pyridine rings is 1. The van der Waals surface area contributed by atoms with Gasteiger partial charge in [0.15, 0.2) is 0 Å². The lowest BCUT2D eigenvalue weighted by molar-refractivity contribution is -0.139. The van der Waals surface area contributed by atoms with Crippen molar-refractivity contribution in [2.45, 2.75) is 19.4 Å². The van der Waals surface area contributed by atoms with Crippen LogP contribution in [0.5, 0.6) is 0 Å². The second-order valence-electron chi connectivity index (χ2n) is 3.13. The molecule has 2 N–H and O–H groups in total. The Balaban J connectivity index is 2.75. The number of rotatable bonds is 4. The van der Waals surface area contributed by atoms with Crippen LogP contribution in [0.2, 0.25) is 5.02 Å². The molecule has 1 rings (SSSR count). The van der Waals surface area contributed by atoms with E-state index in [-0.39, 0.29) is 5.69 Å². The summed E-state index contributed by atoms with van der Waals surface area (Å²) in [7, 11) is 0. The van der Waals surface area contributed by atoms with E-state index in [1.165, 1.54) is 18.3 Å². The lowest BCUT2D eigenvalue weighted by Crippen LogP contribution is -2.40. The lowest BCUT2D eigenvalue weighted by Gasteiger charge is -2.11. The maximum Gasteiger partial charge on any atom is 0.326 e. The Kier molecular flexibility index (Phi) is 4.25. The molecule has 0 radical (unpaired) electrons. The molecule has 0 aliphatic rings. The molecule has 0 bridgehead atoms. The van der Waals surface area contributed by atoms with E-state index in [9.17, 15) is 9.59 Å². The van der Waals surface area contributed by atoms with Crippen LogP contribution >= 0.6 is 11.6 Å². The molecule has 6 heteroatoms. The van der Waals surface area contributed by atoms with Gasteiger partial charge in [0.05, 0.1) is 0 Å². The highest BCUT2D eigenvalue weighted by atomic mass is 35.5. The van der Waals surface area contributed by atoms with Gasteiger partial charge in [0, 0.05) is 11.2 Å². The molecule has 1 aromatic rings. The van der Waals surface area contributed by atoms with Gasteiger partial charge in [-0.05, 0) is 18.6 Å². The van der Waals surface area contributed by atoms with Crippen molar-refractivity contribution in [1.82, 2.24) is 10.3 Å². The zero-order valence-corrected chi connectivity index (χ0v) is 9.36. The van der Waals surface area contributed by atoms with E-state index < -0.39 is 17.9 Å². The summed E-state index contributed by atoms with van der Waals surface area (Å²) in [6, 6.07) is 2.01. The van der Waals surface area contributed by atoms with E-state index >= 15 is 0 Å². The molecule has 5 nitrogen and oxygen atoms in total. The molecule has 1 atom stereocenters. The highest BCUT2D eigenvalue weighted by molar-refractivity contribution is 6.30. The van der Waals surface area contributed by atoms with Crippen molar-refractivity contribution in [3.8, 4) is 0 Å². The van der Waals surface area contributed by atoms with Crippen LogP contribution in [-0.2, 0) is 4.79 Å². The highest BCUT2D eigenvalue weighted by Gasteiger charge is 2.19. The smallest absolute Gasteiger partial charge is 0.326 e. The summed E-state index contributed by atoms with van der Waals surface area (Å²) in [5.41, 5.74) is 0.104. The summed E-state index contributed by atoms with van der Waals surface area (Å²) < 4.78 is 0. The van der Waals surface area contributed by atoms with Crippen LogP contribution < -0.4 is 5.32 Å². The van der Waals surface area contributed by atoms with E-state index in [0.717, 1.165) is 0 Å². The van der Waals surface area contributed by atoms with Crippen LogP contribution in [0.4, 0.5) is 0 Å². The van der Waals surface area contributed by atoms with Gasteiger partial charge in [0.2, 0.25) is 0 Å².